The summed E-state index contributed by atoms with van der Waals surface area (Å²) in [4.78, 5) is 11.0. The fourth-order valence-electron chi connectivity index (χ4n) is 2.90. The first-order chi connectivity index (χ1) is 15.2. The second kappa shape index (κ2) is 11.0. The number of nitrogens with two attached hydrogens (primary N) is 1. The third kappa shape index (κ3) is 6.59. The summed E-state index contributed by atoms with van der Waals surface area (Å²) in [6.07, 6.45) is 0.0854. The van der Waals surface area contributed by atoms with Crippen molar-refractivity contribution in [1.82, 2.24) is 0 Å². The molecule has 0 heterocycles. The number of halogens is 4. The lowest BCUT2D eigenvalue weighted by molar-refractivity contribution is -0.138. The average Bonchev–Trinajstić information content (AvgIpc) is 2.73. The van der Waals surface area contributed by atoms with Gasteiger partial charge < -0.3 is 20.3 Å². The van der Waals surface area contributed by atoms with Crippen LogP contribution in [0.4, 0.5) is 4.39 Å². The Hall–Kier alpha value is -2.32. The molecule has 0 aliphatic rings. The zero-order valence-corrected chi connectivity index (χ0v) is 19.8. The Bertz CT molecular complexity index is 1090. The second-order valence-electron chi connectivity index (χ2n) is 6.99. The van der Waals surface area contributed by atoms with E-state index in [2.05, 4.69) is 15.9 Å². The highest BCUT2D eigenvalue weighted by Crippen LogP contribution is 2.36. The maximum absolute atomic E-state index is 13.1. The number of carboxylic acid groups (broad SMARTS) is 1. The number of ether oxygens (including phenoxy) is 2. The van der Waals surface area contributed by atoms with E-state index in [9.17, 15) is 9.18 Å². The van der Waals surface area contributed by atoms with E-state index < -0.39 is 12.0 Å². The van der Waals surface area contributed by atoms with Gasteiger partial charge in [-0.05, 0) is 60.0 Å². The fraction of sp³-hybridized carbons (Fsp3) is 0.174. The van der Waals surface area contributed by atoms with E-state index in [-0.39, 0.29) is 41.2 Å². The highest BCUT2D eigenvalue weighted by atomic mass is 79.9. The van der Waals surface area contributed by atoms with Crippen molar-refractivity contribution in [2.24, 2.45) is 5.73 Å². The van der Waals surface area contributed by atoms with Crippen LogP contribution in [0.15, 0.2) is 59.1 Å². The van der Waals surface area contributed by atoms with Gasteiger partial charge in [0.2, 0.25) is 0 Å². The highest BCUT2D eigenvalue weighted by molar-refractivity contribution is 9.10. The van der Waals surface area contributed by atoms with Crippen LogP contribution in [0, 0.1) is 5.82 Å². The zero-order chi connectivity index (χ0) is 23.3. The van der Waals surface area contributed by atoms with Crippen LogP contribution in [0.2, 0.25) is 10.0 Å². The van der Waals surface area contributed by atoms with Crippen LogP contribution in [-0.2, 0) is 24.4 Å². The Labute approximate surface area is 203 Å². The molecular weight excluding hydrogens is 524 g/mol. The van der Waals surface area contributed by atoms with Crippen molar-refractivity contribution in [3.05, 3.63) is 91.6 Å². The lowest BCUT2D eigenvalue weighted by atomic mass is 10.1. The molecule has 0 aliphatic carbocycles. The van der Waals surface area contributed by atoms with Crippen LogP contribution >= 0.6 is 39.1 Å². The Balaban J connectivity index is 1.72. The lowest BCUT2D eigenvalue weighted by Crippen LogP contribution is -2.32. The summed E-state index contributed by atoms with van der Waals surface area (Å²) >= 11 is 16.1. The van der Waals surface area contributed by atoms with Gasteiger partial charge in [-0.25, -0.2) is 4.39 Å². The summed E-state index contributed by atoms with van der Waals surface area (Å²) in [5, 5.41) is 9.46. The predicted molar refractivity (Wildman–Crippen MR) is 125 cm³/mol. The van der Waals surface area contributed by atoms with Crippen molar-refractivity contribution in [1.29, 1.82) is 0 Å². The molecule has 5 nitrogen and oxygen atoms in total. The SMILES string of the molecule is N[C@@H](Cc1cc(Cl)c(OCc2cc(Br)ccc2OCc2ccc(F)cc2)c(Cl)c1)C(=O)O. The van der Waals surface area contributed by atoms with Gasteiger partial charge in [0.05, 0.1) is 10.0 Å². The van der Waals surface area contributed by atoms with Crippen molar-refractivity contribution in [2.75, 3.05) is 0 Å². The van der Waals surface area contributed by atoms with Crippen LogP contribution in [0.5, 0.6) is 11.5 Å². The van der Waals surface area contributed by atoms with Crippen LogP contribution < -0.4 is 15.2 Å². The second-order valence-corrected chi connectivity index (χ2v) is 8.72. The molecule has 3 rings (SSSR count). The standard InChI is InChI=1S/C23H19BrCl2FNO4/c24-16-3-6-21(31-11-13-1-4-17(27)5-2-13)15(10-16)12-32-22-18(25)7-14(8-19(22)26)9-20(28)23(29)30/h1-8,10,20H,9,11-12,28H2,(H,29,30)/t20-/m0/s1. The van der Waals surface area contributed by atoms with Gasteiger partial charge in [-0.3, -0.25) is 4.79 Å². The molecule has 9 heteroatoms. The topological polar surface area (TPSA) is 81.8 Å². The molecule has 0 saturated heterocycles. The molecule has 32 heavy (non-hydrogen) atoms. The van der Waals surface area contributed by atoms with E-state index in [1.54, 1.807) is 30.3 Å². The van der Waals surface area contributed by atoms with Crippen LogP contribution in [0.3, 0.4) is 0 Å². The molecule has 0 aromatic heterocycles. The van der Waals surface area contributed by atoms with E-state index >= 15 is 0 Å². The molecule has 0 fully saturated rings. The highest BCUT2D eigenvalue weighted by Gasteiger charge is 2.16. The van der Waals surface area contributed by atoms with Crippen LogP contribution in [-0.4, -0.2) is 17.1 Å². The van der Waals surface area contributed by atoms with E-state index in [1.807, 2.05) is 12.1 Å². The fourth-order valence-corrected chi connectivity index (χ4v) is 3.95. The van der Waals surface area contributed by atoms with Gasteiger partial charge in [0.25, 0.3) is 0 Å². The van der Waals surface area contributed by atoms with Crippen molar-refractivity contribution >= 4 is 45.1 Å². The number of rotatable bonds is 9. The van der Waals surface area contributed by atoms with Crippen molar-refractivity contribution in [2.45, 2.75) is 25.7 Å². The van der Waals surface area contributed by atoms with Crippen molar-refractivity contribution in [3.63, 3.8) is 0 Å². The molecule has 1 atom stereocenters. The third-order valence-electron chi connectivity index (χ3n) is 4.53. The molecule has 3 N–H and O–H groups in total. The molecule has 0 unspecified atom stereocenters. The number of aliphatic carboxylic acids is 1. The normalized spacial score (nSPS) is 11.8. The lowest BCUT2D eigenvalue weighted by Gasteiger charge is -2.16. The largest absolute Gasteiger partial charge is 0.488 e. The van der Waals surface area contributed by atoms with Gasteiger partial charge in [-0.1, -0.05) is 51.3 Å². The molecular formula is C23H19BrCl2FNO4. The molecule has 0 radical (unpaired) electrons. The first-order valence-electron chi connectivity index (χ1n) is 9.47. The first kappa shape index (κ1) is 24.3. The summed E-state index contributed by atoms with van der Waals surface area (Å²) in [5.41, 5.74) is 7.73. The quantitative estimate of drug-likeness (QED) is 0.346. The minimum atomic E-state index is -1.11. The Morgan fingerprint density at radius 2 is 1.66 bits per heavy atom. The summed E-state index contributed by atoms with van der Waals surface area (Å²) in [6.45, 7) is 0.376. The van der Waals surface area contributed by atoms with E-state index in [0.717, 1.165) is 15.6 Å². The summed E-state index contributed by atoms with van der Waals surface area (Å²) in [5.74, 6) is -0.559. The molecule has 3 aromatic carbocycles. The Morgan fingerprint density at radius 1 is 1.00 bits per heavy atom. The monoisotopic (exact) mass is 541 g/mol. The maximum Gasteiger partial charge on any atom is 0.320 e. The Morgan fingerprint density at radius 3 is 2.28 bits per heavy atom. The molecule has 0 bridgehead atoms. The molecule has 0 saturated carbocycles. The van der Waals surface area contributed by atoms with Crippen LogP contribution in [0.1, 0.15) is 16.7 Å². The minimum Gasteiger partial charge on any atom is -0.488 e. The van der Waals surface area contributed by atoms with Crippen molar-refractivity contribution in [3.8, 4) is 11.5 Å². The number of carboxylic acids is 1. The summed E-state index contributed by atoms with van der Waals surface area (Å²) in [6, 6.07) is 13.7. The number of hydrogen-bond donors (Lipinski definition) is 2. The van der Waals surface area contributed by atoms with Crippen molar-refractivity contribution < 1.29 is 23.8 Å². The molecule has 0 amide bonds. The molecule has 168 valence electrons. The van der Waals surface area contributed by atoms with Gasteiger partial charge in [-0.2, -0.15) is 0 Å². The van der Waals surface area contributed by atoms with E-state index in [4.69, 9.17) is 43.5 Å². The van der Waals surface area contributed by atoms with E-state index in [0.29, 0.717) is 11.3 Å². The predicted octanol–water partition coefficient (Wildman–Crippen LogP) is 6.01. The van der Waals surface area contributed by atoms with Gasteiger partial charge in [0.15, 0.2) is 5.75 Å². The smallest absolute Gasteiger partial charge is 0.320 e. The average molecular weight is 543 g/mol. The molecule has 0 spiro atoms. The third-order valence-corrected chi connectivity index (χ3v) is 5.59. The number of carbonyl (C=O) groups is 1. The van der Waals surface area contributed by atoms with Gasteiger partial charge in [0, 0.05) is 10.0 Å². The number of benzene rings is 3. The van der Waals surface area contributed by atoms with Crippen LogP contribution in [0.25, 0.3) is 0 Å². The van der Waals surface area contributed by atoms with E-state index in [1.165, 1.54) is 12.1 Å². The molecule has 0 aliphatic heterocycles. The van der Waals surface area contributed by atoms with Gasteiger partial charge in [-0.15, -0.1) is 0 Å². The number of hydrogen-bond acceptors (Lipinski definition) is 4. The van der Waals surface area contributed by atoms with Gasteiger partial charge in [0.1, 0.15) is 30.8 Å². The van der Waals surface area contributed by atoms with Gasteiger partial charge >= 0.3 is 5.97 Å². The summed E-state index contributed by atoms with van der Waals surface area (Å²) in [7, 11) is 0. The Kier molecular flexibility index (Phi) is 8.37. The summed E-state index contributed by atoms with van der Waals surface area (Å²) < 4.78 is 25.7. The zero-order valence-electron chi connectivity index (χ0n) is 16.7. The first-order valence-corrected chi connectivity index (χ1v) is 11.0. The maximum atomic E-state index is 13.1. The minimum absolute atomic E-state index is 0.0854. The molecule has 3 aromatic rings.